The van der Waals surface area contributed by atoms with Crippen LogP contribution in [0.4, 0.5) is 17.1 Å². The Bertz CT molecular complexity index is 3890. The molecule has 0 amide bonds. The van der Waals surface area contributed by atoms with Crippen molar-refractivity contribution in [2.45, 2.75) is 5.41 Å². The highest BCUT2D eigenvalue weighted by atomic mass is 32.1. The van der Waals surface area contributed by atoms with Gasteiger partial charge in [0.1, 0.15) is 0 Å². The molecular weight excluding hydrogens is 843 g/mol. The number of thiophene rings is 2. The molecular formula is C61H37NO2S2. The third-order valence-electron chi connectivity index (χ3n) is 13.6. The standard InChI is InChI=1S/C61H37NO2S2/c1-2-12-38(13-3-1)39-22-27-42(28-23-39)62(44-31-35-57-49(37-44)46-15-6-11-21-56(46)65-57)43-29-24-40(25-30-43)61(41-26-32-47-45-14-5-10-20-55(45)66-58(47)36-41)50-17-7-4-16-48(50)59-51(61)33-34-54-60(59)64-53-19-9-8-18-52(53)63-54/h1-37H. The summed E-state index contributed by atoms with van der Waals surface area (Å²) in [4.78, 5) is 2.40. The number of hydrogen-bond donors (Lipinski definition) is 0. The first-order valence-electron chi connectivity index (χ1n) is 22.3. The van der Waals surface area contributed by atoms with Crippen molar-refractivity contribution < 1.29 is 9.47 Å². The molecule has 310 valence electrons. The number of hydrogen-bond acceptors (Lipinski definition) is 5. The van der Waals surface area contributed by atoms with E-state index in [1.54, 1.807) is 0 Å². The topological polar surface area (TPSA) is 21.7 Å². The highest BCUT2D eigenvalue weighted by Gasteiger charge is 2.48. The van der Waals surface area contributed by atoms with Gasteiger partial charge < -0.3 is 14.4 Å². The van der Waals surface area contributed by atoms with E-state index < -0.39 is 5.41 Å². The van der Waals surface area contributed by atoms with Crippen LogP contribution in [0.5, 0.6) is 23.0 Å². The fourth-order valence-electron chi connectivity index (χ4n) is 10.7. The van der Waals surface area contributed by atoms with Crippen molar-refractivity contribution in [1.29, 1.82) is 0 Å². The fourth-order valence-corrected chi connectivity index (χ4v) is 12.9. The quantitative estimate of drug-likeness (QED) is 0.166. The number of ether oxygens (including phenoxy) is 2. The normalized spacial score (nSPS) is 14.7. The highest BCUT2D eigenvalue weighted by molar-refractivity contribution is 7.26. The summed E-state index contributed by atoms with van der Waals surface area (Å²) in [6.45, 7) is 0. The second-order valence-electron chi connectivity index (χ2n) is 17.1. The fraction of sp³-hybridized carbons (Fsp3) is 0.0164. The van der Waals surface area contributed by atoms with Gasteiger partial charge in [-0.3, -0.25) is 0 Å². The summed E-state index contributed by atoms with van der Waals surface area (Å²) in [5, 5.41) is 5.12. The number of benzene rings is 10. The predicted molar refractivity (Wildman–Crippen MR) is 276 cm³/mol. The Morgan fingerprint density at radius 3 is 1.71 bits per heavy atom. The molecule has 3 nitrogen and oxygen atoms in total. The molecule has 0 N–H and O–H groups in total. The minimum Gasteiger partial charge on any atom is -0.449 e. The van der Waals surface area contributed by atoms with Gasteiger partial charge in [0, 0.05) is 63.0 Å². The Labute approximate surface area is 389 Å². The number of rotatable bonds is 6. The van der Waals surface area contributed by atoms with E-state index in [0.29, 0.717) is 0 Å². The van der Waals surface area contributed by atoms with E-state index in [0.717, 1.165) is 51.2 Å². The van der Waals surface area contributed by atoms with Crippen molar-refractivity contribution in [3.63, 3.8) is 0 Å². The van der Waals surface area contributed by atoms with Gasteiger partial charge in [-0.05, 0) is 118 Å². The van der Waals surface area contributed by atoms with E-state index in [-0.39, 0.29) is 0 Å². The van der Waals surface area contributed by atoms with Crippen molar-refractivity contribution in [3.8, 4) is 45.3 Å². The second kappa shape index (κ2) is 14.5. The molecule has 12 aromatic rings. The minimum absolute atomic E-state index is 0.680. The average molecular weight is 880 g/mol. The number of nitrogens with zero attached hydrogens (tertiary/aromatic N) is 1. The average Bonchev–Trinajstić information content (AvgIpc) is 4.04. The van der Waals surface area contributed by atoms with Crippen LogP contribution in [0, 0.1) is 0 Å². The Hall–Kier alpha value is -7.96. The zero-order chi connectivity index (χ0) is 43.3. The third-order valence-corrected chi connectivity index (χ3v) is 15.9. The van der Waals surface area contributed by atoms with Gasteiger partial charge in [-0.25, -0.2) is 0 Å². The van der Waals surface area contributed by atoms with Crippen molar-refractivity contribution >= 4 is 80.1 Å². The smallest absolute Gasteiger partial charge is 0.178 e. The van der Waals surface area contributed by atoms with Crippen LogP contribution in [0.1, 0.15) is 22.3 Å². The molecule has 2 aromatic heterocycles. The molecule has 0 spiro atoms. The van der Waals surface area contributed by atoms with Gasteiger partial charge in [0.25, 0.3) is 0 Å². The highest BCUT2D eigenvalue weighted by Crippen LogP contribution is 2.62. The molecule has 3 heterocycles. The maximum absolute atomic E-state index is 6.86. The van der Waals surface area contributed by atoms with Gasteiger partial charge in [0.05, 0.1) is 5.41 Å². The van der Waals surface area contributed by atoms with Gasteiger partial charge in [0.2, 0.25) is 0 Å². The van der Waals surface area contributed by atoms with Crippen LogP contribution in [0.15, 0.2) is 224 Å². The van der Waals surface area contributed by atoms with Gasteiger partial charge in [-0.1, -0.05) is 146 Å². The lowest BCUT2D eigenvalue weighted by atomic mass is 9.67. The Kier molecular flexibility index (Phi) is 8.24. The van der Waals surface area contributed by atoms with E-state index in [1.165, 1.54) is 73.7 Å². The number of anilines is 3. The first-order valence-corrected chi connectivity index (χ1v) is 23.9. The molecule has 0 saturated carbocycles. The van der Waals surface area contributed by atoms with Crippen LogP contribution in [-0.2, 0) is 5.41 Å². The van der Waals surface area contributed by atoms with E-state index in [4.69, 9.17) is 9.47 Å². The maximum atomic E-state index is 6.86. The molecule has 0 radical (unpaired) electrons. The molecule has 0 fully saturated rings. The van der Waals surface area contributed by atoms with Crippen LogP contribution in [0.2, 0.25) is 0 Å². The van der Waals surface area contributed by atoms with Crippen LogP contribution < -0.4 is 14.4 Å². The molecule has 5 heteroatoms. The minimum atomic E-state index is -0.680. The summed E-state index contributed by atoms with van der Waals surface area (Å²) in [7, 11) is 0. The summed E-state index contributed by atoms with van der Waals surface area (Å²) < 4.78 is 18.6. The van der Waals surface area contributed by atoms with Crippen molar-refractivity contribution in [2.24, 2.45) is 0 Å². The zero-order valence-electron chi connectivity index (χ0n) is 35.4. The van der Waals surface area contributed by atoms with Crippen LogP contribution in [0.3, 0.4) is 0 Å². The Balaban J connectivity index is 0.982. The van der Waals surface area contributed by atoms with Crippen LogP contribution in [0.25, 0.3) is 62.6 Å². The van der Waals surface area contributed by atoms with E-state index in [2.05, 4.69) is 205 Å². The molecule has 0 bridgehead atoms. The summed E-state index contributed by atoms with van der Waals surface area (Å²) in [5.74, 6) is 2.91. The summed E-state index contributed by atoms with van der Waals surface area (Å²) in [6, 6.07) is 81.6. The maximum Gasteiger partial charge on any atom is 0.178 e. The Morgan fingerprint density at radius 2 is 0.924 bits per heavy atom. The van der Waals surface area contributed by atoms with Gasteiger partial charge in [-0.2, -0.15) is 0 Å². The van der Waals surface area contributed by atoms with E-state index >= 15 is 0 Å². The molecule has 2 aliphatic rings. The lowest BCUT2D eigenvalue weighted by Gasteiger charge is -2.35. The lowest BCUT2D eigenvalue weighted by Crippen LogP contribution is -2.28. The van der Waals surface area contributed by atoms with E-state index in [9.17, 15) is 0 Å². The summed E-state index contributed by atoms with van der Waals surface area (Å²) in [5.41, 5.74) is 12.0. The molecule has 1 aliphatic carbocycles. The van der Waals surface area contributed by atoms with Gasteiger partial charge in [-0.15, -0.1) is 22.7 Å². The van der Waals surface area contributed by atoms with Crippen LogP contribution >= 0.6 is 22.7 Å². The largest absolute Gasteiger partial charge is 0.449 e. The van der Waals surface area contributed by atoms with E-state index in [1.807, 2.05) is 46.9 Å². The van der Waals surface area contributed by atoms with Crippen molar-refractivity contribution in [1.82, 2.24) is 0 Å². The monoisotopic (exact) mass is 879 g/mol. The SMILES string of the molecule is c1ccc(-c2ccc(N(c3ccc(C4(c5ccc6c(c5)sc5ccccc56)c5ccccc5-c5c4ccc4c5Oc5ccccc5O4)cc3)c3ccc4sc5ccccc5c4c3)cc2)cc1. The molecule has 66 heavy (non-hydrogen) atoms. The molecule has 1 atom stereocenters. The lowest BCUT2D eigenvalue weighted by molar-refractivity contribution is 0.360. The van der Waals surface area contributed by atoms with Crippen molar-refractivity contribution in [3.05, 3.63) is 247 Å². The summed E-state index contributed by atoms with van der Waals surface area (Å²) in [6.07, 6.45) is 0. The molecule has 1 aliphatic heterocycles. The molecule has 1 unspecified atom stereocenters. The first kappa shape index (κ1) is 37.4. The predicted octanol–water partition coefficient (Wildman–Crippen LogP) is 17.8. The zero-order valence-corrected chi connectivity index (χ0v) is 37.1. The van der Waals surface area contributed by atoms with Gasteiger partial charge in [0.15, 0.2) is 23.0 Å². The second-order valence-corrected chi connectivity index (χ2v) is 19.3. The number of para-hydroxylation sites is 2. The number of fused-ring (bicyclic) bond motifs is 12. The molecule has 0 saturated heterocycles. The van der Waals surface area contributed by atoms with Gasteiger partial charge >= 0.3 is 0 Å². The summed E-state index contributed by atoms with van der Waals surface area (Å²) >= 11 is 3.71. The Morgan fingerprint density at radius 1 is 0.348 bits per heavy atom. The molecule has 10 aromatic carbocycles. The first-order chi connectivity index (χ1) is 32.7. The third kappa shape index (κ3) is 5.54. The van der Waals surface area contributed by atoms with Crippen LogP contribution in [-0.4, -0.2) is 0 Å². The molecule has 14 rings (SSSR count). The van der Waals surface area contributed by atoms with Crippen molar-refractivity contribution in [2.75, 3.05) is 4.90 Å².